The van der Waals surface area contributed by atoms with Crippen LogP contribution in [0.3, 0.4) is 0 Å². The van der Waals surface area contributed by atoms with Crippen LogP contribution in [0, 0.1) is 0 Å². The van der Waals surface area contributed by atoms with E-state index < -0.39 is 23.0 Å². The van der Waals surface area contributed by atoms with Crippen molar-refractivity contribution in [3.63, 3.8) is 0 Å². The van der Waals surface area contributed by atoms with Crippen molar-refractivity contribution >= 4 is 22.8 Å². The number of aliphatic hydroxyl groups is 1. The Hall–Kier alpha value is -2.66. The number of hydrogen-bond acceptors (Lipinski definition) is 6. The van der Waals surface area contributed by atoms with E-state index in [-0.39, 0.29) is 23.4 Å². The Morgan fingerprint density at radius 3 is 2.64 bits per heavy atom. The fourth-order valence-corrected chi connectivity index (χ4v) is 2.92. The van der Waals surface area contributed by atoms with Crippen LogP contribution in [0.15, 0.2) is 47.0 Å². The minimum atomic E-state index is -4.92. The van der Waals surface area contributed by atoms with Crippen molar-refractivity contribution in [3.05, 3.63) is 53.1 Å². The van der Waals surface area contributed by atoms with Crippen molar-refractivity contribution in [1.82, 2.24) is 24.3 Å². The van der Waals surface area contributed by atoms with E-state index in [9.17, 15) is 23.1 Å². The lowest BCUT2D eigenvalue weighted by Gasteiger charge is -2.26. The van der Waals surface area contributed by atoms with Crippen LogP contribution >= 0.6 is 11.8 Å². The smallest absolute Gasteiger partial charge is 0.375 e. The third-order valence-corrected chi connectivity index (χ3v) is 4.70. The minimum Gasteiger partial charge on any atom is -0.375 e. The largest absolute Gasteiger partial charge is 0.422 e. The maximum atomic E-state index is 13.2. The summed E-state index contributed by atoms with van der Waals surface area (Å²) in [6, 6.07) is 3.82. The molecule has 1 atom stereocenters. The first-order chi connectivity index (χ1) is 13.1. The first-order valence-electron chi connectivity index (χ1n) is 8.02. The summed E-state index contributed by atoms with van der Waals surface area (Å²) >= 11 is 1.25. The molecular weight excluding hydrogens is 395 g/mol. The minimum absolute atomic E-state index is 0.00160. The molecule has 0 bridgehead atoms. The van der Waals surface area contributed by atoms with E-state index in [1.165, 1.54) is 45.5 Å². The molecule has 0 aliphatic carbocycles. The third kappa shape index (κ3) is 3.20. The van der Waals surface area contributed by atoms with Gasteiger partial charge in [-0.1, -0.05) is 23.9 Å². The van der Waals surface area contributed by atoms with Crippen LogP contribution in [0.1, 0.15) is 12.6 Å². The highest BCUT2D eigenvalue weighted by Crippen LogP contribution is 2.37. The number of halogens is 3. The molecule has 3 aromatic rings. The Morgan fingerprint density at radius 2 is 2.04 bits per heavy atom. The molecular formula is C17H16F3N5O2S. The average Bonchev–Trinajstić information content (AvgIpc) is 2.92. The van der Waals surface area contributed by atoms with E-state index >= 15 is 0 Å². The summed E-state index contributed by atoms with van der Waals surface area (Å²) in [4.78, 5) is 25.1. The van der Waals surface area contributed by atoms with Gasteiger partial charge in [0.05, 0.1) is 12.2 Å². The maximum absolute atomic E-state index is 13.2. The molecule has 0 saturated heterocycles. The Labute approximate surface area is 161 Å². The van der Waals surface area contributed by atoms with Crippen molar-refractivity contribution in [2.75, 3.05) is 6.26 Å². The van der Waals surface area contributed by atoms with Gasteiger partial charge in [-0.2, -0.15) is 13.2 Å². The second-order valence-corrected chi connectivity index (χ2v) is 6.81. The number of alkyl halides is 3. The molecule has 0 fully saturated rings. The van der Waals surface area contributed by atoms with Gasteiger partial charge in [-0.25, -0.2) is 24.3 Å². The summed E-state index contributed by atoms with van der Waals surface area (Å²) in [7, 11) is 0. The van der Waals surface area contributed by atoms with E-state index in [4.69, 9.17) is 0 Å². The Balaban J connectivity index is 2.32. The van der Waals surface area contributed by atoms with Gasteiger partial charge in [-0.15, -0.1) is 6.58 Å². The lowest BCUT2D eigenvalue weighted by Crippen LogP contribution is -2.40. The van der Waals surface area contributed by atoms with E-state index in [0.29, 0.717) is 12.1 Å². The molecule has 148 valence electrons. The van der Waals surface area contributed by atoms with Crippen molar-refractivity contribution in [1.29, 1.82) is 0 Å². The molecule has 11 heteroatoms. The van der Waals surface area contributed by atoms with E-state index in [1.54, 1.807) is 6.26 Å². The van der Waals surface area contributed by atoms with Crippen LogP contribution in [0.25, 0.3) is 16.9 Å². The molecule has 3 rings (SSSR count). The molecule has 3 heterocycles. The summed E-state index contributed by atoms with van der Waals surface area (Å²) in [5, 5.41) is 10.5. The van der Waals surface area contributed by atoms with Gasteiger partial charge in [-0.3, -0.25) is 4.79 Å². The normalized spacial score (nSPS) is 14.2. The Morgan fingerprint density at radius 1 is 1.32 bits per heavy atom. The Kier molecular flexibility index (Phi) is 5.06. The van der Waals surface area contributed by atoms with E-state index in [0.717, 1.165) is 6.07 Å². The van der Waals surface area contributed by atoms with Gasteiger partial charge < -0.3 is 5.11 Å². The Bertz CT molecular complexity index is 1100. The molecule has 7 nitrogen and oxygen atoms in total. The van der Waals surface area contributed by atoms with Crippen LogP contribution in [-0.2, 0) is 12.1 Å². The molecule has 3 aromatic heterocycles. The zero-order valence-corrected chi connectivity index (χ0v) is 15.8. The number of hydrogen-bond donors (Lipinski definition) is 1. The number of allylic oxidation sites excluding steroid dienone is 1. The van der Waals surface area contributed by atoms with Gasteiger partial charge in [0, 0.05) is 6.20 Å². The average molecular weight is 411 g/mol. The number of nitrogens with zero attached hydrogens (tertiary/aromatic N) is 5. The van der Waals surface area contributed by atoms with Gasteiger partial charge in [-0.05, 0) is 25.3 Å². The van der Waals surface area contributed by atoms with Crippen LogP contribution < -0.4 is 5.56 Å². The highest BCUT2D eigenvalue weighted by molar-refractivity contribution is 7.98. The molecule has 1 N–H and O–H groups in total. The monoisotopic (exact) mass is 411 g/mol. The van der Waals surface area contributed by atoms with E-state index in [1.807, 2.05) is 0 Å². The van der Waals surface area contributed by atoms with Gasteiger partial charge >= 0.3 is 6.18 Å². The first-order valence-corrected chi connectivity index (χ1v) is 9.24. The van der Waals surface area contributed by atoms with Crippen LogP contribution in [0.2, 0.25) is 0 Å². The molecule has 1 unspecified atom stereocenters. The lowest BCUT2D eigenvalue weighted by molar-refractivity contribution is -0.260. The SMILES string of the molecule is C=CCn1c(=O)c2cnc(SC)nc2n1-c1cccc(C(C)(O)C(F)(F)F)n1. The van der Waals surface area contributed by atoms with Gasteiger partial charge in [0.2, 0.25) is 0 Å². The number of fused-ring (bicyclic) bond motifs is 1. The number of aromatic nitrogens is 5. The van der Waals surface area contributed by atoms with Crippen LogP contribution in [0.4, 0.5) is 13.2 Å². The molecule has 0 aliphatic rings. The number of thioether (sulfide) groups is 1. The fourth-order valence-electron chi connectivity index (χ4n) is 2.59. The second kappa shape index (κ2) is 7.06. The molecule has 0 aliphatic heterocycles. The summed E-state index contributed by atoms with van der Waals surface area (Å²) in [6.07, 6.45) is -0.339. The molecule has 0 radical (unpaired) electrons. The predicted molar refractivity (Wildman–Crippen MR) is 98.5 cm³/mol. The van der Waals surface area contributed by atoms with Gasteiger partial charge in [0.15, 0.2) is 22.2 Å². The molecule has 0 saturated carbocycles. The molecule has 28 heavy (non-hydrogen) atoms. The van der Waals surface area contributed by atoms with Crippen LogP contribution in [0.5, 0.6) is 0 Å². The quantitative estimate of drug-likeness (QED) is 0.395. The summed E-state index contributed by atoms with van der Waals surface area (Å²) in [5.74, 6) is 0.00160. The fraction of sp³-hybridized carbons (Fsp3) is 0.294. The third-order valence-electron chi connectivity index (χ3n) is 4.14. The van der Waals surface area contributed by atoms with Crippen LogP contribution in [-0.4, -0.2) is 41.9 Å². The standard InChI is InChI=1S/C17H16F3N5O2S/c1-4-8-24-14(26)10-9-21-15(28-3)23-13(10)25(24)12-7-5-6-11(22-12)16(2,27)17(18,19)20/h4-7,9,27H,1,8H2,2-3H3. The van der Waals surface area contributed by atoms with Crippen molar-refractivity contribution in [2.24, 2.45) is 0 Å². The van der Waals surface area contributed by atoms with Gasteiger partial charge in [0.25, 0.3) is 5.56 Å². The summed E-state index contributed by atoms with van der Waals surface area (Å²) in [6.45, 7) is 4.30. The highest BCUT2D eigenvalue weighted by atomic mass is 32.2. The molecule has 0 amide bonds. The highest BCUT2D eigenvalue weighted by Gasteiger charge is 2.52. The maximum Gasteiger partial charge on any atom is 0.422 e. The second-order valence-electron chi connectivity index (χ2n) is 6.03. The zero-order chi connectivity index (χ0) is 20.7. The zero-order valence-electron chi connectivity index (χ0n) is 14.9. The van der Waals surface area contributed by atoms with E-state index in [2.05, 4.69) is 21.5 Å². The number of rotatable bonds is 5. The predicted octanol–water partition coefficient (Wildman–Crippen LogP) is 2.65. The summed E-state index contributed by atoms with van der Waals surface area (Å²) in [5.41, 5.74) is -3.99. The molecule has 0 spiro atoms. The van der Waals surface area contributed by atoms with Crippen molar-refractivity contribution < 1.29 is 18.3 Å². The van der Waals surface area contributed by atoms with Crippen molar-refractivity contribution in [3.8, 4) is 5.82 Å². The molecule has 0 aromatic carbocycles. The lowest BCUT2D eigenvalue weighted by atomic mass is 10.0. The number of pyridine rings is 1. The topological polar surface area (TPSA) is 85.8 Å². The van der Waals surface area contributed by atoms with Gasteiger partial charge in [0.1, 0.15) is 5.39 Å². The van der Waals surface area contributed by atoms with Crippen molar-refractivity contribution in [2.45, 2.75) is 30.4 Å². The first kappa shape index (κ1) is 20.1. The summed E-state index contributed by atoms with van der Waals surface area (Å²) < 4.78 is 42.2.